The molecule has 0 aliphatic carbocycles. The van der Waals surface area contributed by atoms with Gasteiger partial charge in [0.1, 0.15) is 30.5 Å². The highest BCUT2D eigenvalue weighted by Crippen LogP contribution is 2.14. The normalized spacial score (nSPS) is 14.7. The minimum atomic E-state index is -0.00863. The van der Waals surface area contributed by atoms with Crippen molar-refractivity contribution in [3.8, 4) is 6.07 Å². The lowest BCUT2D eigenvalue weighted by Crippen LogP contribution is -2.49. The maximum Gasteiger partial charge on any atom is 0.244 e. The molecule has 2 aromatic rings. The van der Waals surface area contributed by atoms with Crippen LogP contribution in [0, 0.1) is 11.3 Å². The summed E-state index contributed by atoms with van der Waals surface area (Å²) >= 11 is 0. The average Bonchev–Trinajstić information content (AvgIpc) is 3.08. The Balaban J connectivity index is 1.58. The summed E-state index contributed by atoms with van der Waals surface area (Å²) < 4.78 is 1.41. The highest BCUT2D eigenvalue weighted by molar-refractivity contribution is 5.76. The number of anilines is 1. The van der Waals surface area contributed by atoms with Gasteiger partial charge in [0.2, 0.25) is 5.91 Å². The SMILES string of the molecule is N#Cc1cccc(N2CCN(C(=O)Cn3cnnn3)CC2)n1. The Morgan fingerprint density at radius 3 is 2.77 bits per heavy atom. The Hall–Kier alpha value is -3.02. The van der Waals surface area contributed by atoms with Crippen LogP contribution in [-0.2, 0) is 11.3 Å². The van der Waals surface area contributed by atoms with Crippen LogP contribution in [0.2, 0.25) is 0 Å². The van der Waals surface area contributed by atoms with Gasteiger partial charge < -0.3 is 9.80 Å². The van der Waals surface area contributed by atoms with E-state index in [2.05, 4.69) is 25.4 Å². The first-order valence-corrected chi connectivity index (χ1v) is 6.87. The zero-order valence-electron chi connectivity index (χ0n) is 11.8. The third-order valence-electron chi connectivity index (χ3n) is 3.49. The van der Waals surface area contributed by atoms with Gasteiger partial charge in [-0.25, -0.2) is 9.67 Å². The molecule has 3 rings (SSSR count). The fraction of sp³-hybridized carbons (Fsp3) is 0.385. The number of carbonyl (C=O) groups excluding carboxylic acids is 1. The molecule has 1 aliphatic heterocycles. The van der Waals surface area contributed by atoms with Crippen molar-refractivity contribution in [3.05, 3.63) is 30.2 Å². The van der Waals surface area contributed by atoms with Gasteiger partial charge in [0.25, 0.3) is 0 Å². The van der Waals surface area contributed by atoms with Crippen LogP contribution in [0.4, 0.5) is 5.82 Å². The number of tetrazole rings is 1. The predicted octanol–water partition coefficient (Wildman–Crippen LogP) is -0.711. The molecule has 9 nitrogen and oxygen atoms in total. The fourth-order valence-electron chi connectivity index (χ4n) is 2.34. The van der Waals surface area contributed by atoms with Gasteiger partial charge in [-0.05, 0) is 22.6 Å². The van der Waals surface area contributed by atoms with Gasteiger partial charge in [-0.1, -0.05) is 6.07 Å². The highest BCUT2D eigenvalue weighted by atomic mass is 16.2. The molecule has 112 valence electrons. The van der Waals surface area contributed by atoms with Gasteiger partial charge >= 0.3 is 0 Å². The van der Waals surface area contributed by atoms with Gasteiger partial charge in [0, 0.05) is 26.2 Å². The Labute approximate surface area is 126 Å². The van der Waals surface area contributed by atoms with E-state index in [1.165, 1.54) is 11.0 Å². The van der Waals surface area contributed by atoms with Crippen molar-refractivity contribution in [2.24, 2.45) is 0 Å². The van der Waals surface area contributed by atoms with Gasteiger partial charge in [-0.15, -0.1) is 5.10 Å². The summed E-state index contributed by atoms with van der Waals surface area (Å²) in [5.41, 5.74) is 0.398. The van der Waals surface area contributed by atoms with E-state index in [0.29, 0.717) is 31.9 Å². The first kappa shape index (κ1) is 13.9. The molecule has 3 heterocycles. The molecule has 9 heteroatoms. The minimum absolute atomic E-state index is 0.00863. The van der Waals surface area contributed by atoms with E-state index in [0.717, 1.165) is 5.82 Å². The second-order valence-electron chi connectivity index (χ2n) is 4.87. The van der Waals surface area contributed by atoms with Crippen LogP contribution in [-0.4, -0.2) is 62.2 Å². The number of hydrogen-bond acceptors (Lipinski definition) is 7. The maximum atomic E-state index is 12.1. The zero-order chi connectivity index (χ0) is 15.4. The summed E-state index contributed by atoms with van der Waals surface area (Å²) in [4.78, 5) is 20.3. The van der Waals surface area contributed by atoms with Crippen molar-refractivity contribution in [2.75, 3.05) is 31.1 Å². The molecule has 1 aliphatic rings. The molecule has 0 bridgehead atoms. The molecule has 0 unspecified atom stereocenters. The van der Waals surface area contributed by atoms with E-state index < -0.39 is 0 Å². The summed E-state index contributed by atoms with van der Waals surface area (Å²) in [5.74, 6) is 0.761. The van der Waals surface area contributed by atoms with Crippen LogP contribution in [0.25, 0.3) is 0 Å². The molecule has 1 saturated heterocycles. The number of amides is 1. The smallest absolute Gasteiger partial charge is 0.244 e. The predicted molar refractivity (Wildman–Crippen MR) is 75.6 cm³/mol. The maximum absolute atomic E-state index is 12.1. The van der Waals surface area contributed by atoms with Gasteiger partial charge in [0.15, 0.2) is 0 Å². The Morgan fingerprint density at radius 2 is 2.09 bits per heavy atom. The van der Waals surface area contributed by atoms with Crippen molar-refractivity contribution < 1.29 is 4.79 Å². The van der Waals surface area contributed by atoms with E-state index in [1.807, 2.05) is 18.2 Å². The molecule has 0 atom stereocenters. The third kappa shape index (κ3) is 3.01. The fourth-order valence-corrected chi connectivity index (χ4v) is 2.34. The molecule has 0 radical (unpaired) electrons. The minimum Gasteiger partial charge on any atom is -0.353 e. The van der Waals surface area contributed by atoms with Crippen LogP contribution < -0.4 is 4.90 Å². The Morgan fingerprint density at radius 1 is 1.27 bits per heavy atom. The van der Waals surface area contributed by atoms with Crippen molar-refractivity contribution in [1.29, 1.82) is 5.26 Å². The lowest BCUT2D eigenvalue weighted by atomic mass is 10.3. The third-order valence-corrected chi connectivity index (χ3v) is 3.49. The first-order chi connectivity index (χ1) is 10.8. The van der Waals surface area contributed by atoms with Crippen molar-refractivity contribution in [2.45, 2.75) is 6.54 Å². The largest absolute Gasteiger partial charge is 0.353 e. The number of nitriles is 1. The van der Waals surface area contributed by atoms with E-state index >= 15 is 0 Å². The molecule has 1 amide bonds. The highest BCUT2D eigenvalue weighted by Gasteiger charge is 2.22. The van der Waals surface area contributed by atoms with E-state index in [1.54, 1.807) is 11.0 Å². The van der Waals surface area contributed by atoms with Crippen molar-refractivity contribution in [1.82, 2.24) is 30.1 Å². The average molecular weight is 298 g/mol. The number of rotatable bonds is 3. The number of aromatic nitrogens is 5. The van der Waals surface area contributed by atoms with E-state index in [-0.39, 0.29) is 12.5 Å². The summed E-state index contributed by atoms with van der Waals surface area (Å²) in [6.45, 7) is 2.74. The lowest BCUT2D eigenvalue weighted by Gasteiger charge is -2.35. The second-order valence-corrected chi connectivity index (χ2v) is 4.87. The van der Waals surface area contributed by atoms with E-state index in [9.17, 15) is 4.79 Å². The van der Waals surface area contributed by atoms with E-state index in [4.69, 9.17) is 5.26 Å². The van der Waals surface area contributed by atoms with Crippen LogP contribution in [0.3, 0.4) is 0 Å². The summed E-state index contributed by atoms with van der Waals surface area (Å²) in [6, 6.07) is 7.40. The van der Waals surface area contributed by atoms with Crippen LogP contribution in [0.1, 0.15) is 5.69 Å². The van der Waals surface area contributed by atoms with Crippen LogP contribution in [0.5, 0.6) is 0 Å². The molecular weight excluding hydrogens is 284 g/mol. The molecule has 22 heavy (non-hydrogen) atoms. The summed E-state index contributed by atoms with van der Waals surface area (Å²) in [7, 11) is 0. The molecule has 0 aromatic carbocycles. The first-order valence-electron chi connectivity index (χ1n) is 6.87. The molecule has 0 saturated carbocycles. The Bertz CT molecular complexity index is 684. The number of nitrogens with zero attached hydrogens (tertiary/aromatic N) is 8. The summed E-state index contributed by atoms with van der Waals surface area (Å²) in [5, 5.41) is 19.6. The number of pyridine rings is 1. The molecular formula is C13H14N8O. The van der Waals surface area contributed by atoms with Crippen molar-refractivity contribution >= 4 is 11.7 Å². The standard InChI is InChI=1S/C13H14N8O/c14-8-11-2-1-3-12(16-11)19-4-6-20(7-5-19)13(22)9-21-10-15-17-18-21/h1-3,10H,4-7,9H2. The van der Waals surface area contributed by atoms with Crippen LogP contribution in [0.15, 0.2) is 24.5 Å². The molecule has 1 fully saturated rings. The zero-order valence-corrected chi connectivity index (χ0v) is 11.8. The number of carbonyl (C=O) groups is 1. The molecule has 0 spiro atoms. The number of piperazine rings is 1. The quantitative estimate of drug-likeness (QED) is 0.737. The second kappa shape index (κ2) is 6.17. The van der Waals surface area contributed by atoms with Crippen LogP contribution >= 0.6 is 0 Å². The lowest BCUT2D eigenvalue weighted by molar-refractivity contribution is -0.132. The summed E-state index contributed by atoms with van der Waals surface area (Å²) in [6.07, 6.45) is 1.42. The van der Waals surface area contributed by atoms with Gasteiger partial charge in [-0.2, -0.15) is 5.26 Å². The van der Waals surface area contributed by atoms with Gasteiger partial charge in [-0.3, -0.25) is 4.79 Å². The molecule has 0 N–H and O–H groups in total. The van der Waals surface area contributed by atoms with Crippen molar-refractivity contribution in [3.63, 3.8) is 0 Å². The Kier molecular flexibility index (Phi) is 3.91. The monoisotopic (exact) mass is 298 g/mol. The number of hydrogen-bond donors (Lipinski definition) is 0. The topological polar surface area (TPSA) is 104 Å². The van der Waals surface area contributed by atoms with Gasteiger partial charge in [0.05, 0.1) is 0 Å². The molecule has 2 aromatic heterocycles.